The molecule has 1 aliphatic rings. The number of rotatable bonds is 5. The van der Waals surface area contributed by atoms with Crippen LogP contribution < -0.4 is 10.0 Å². The highest BCUT2D eigenvalue weighted by molar-refractivity contribution is 7.89. The van der Waals surface area contributed by atoms with Gasteiger partial charge in [-0.1, -0.05) is 11.6 Å². The molecule has 1 aromatic heterocycles. The summed E-state index contributed by atoms with van der Waals surface area (Å²) in [5.41, 5.74) is 0.0720. The number of nitrogens with zero attached hydrogens (tertiary/aromatic N) is 1. The van der Waals surface area contributed by atoms with Gasteiger partial charge in [0, 0.05) is 18.9 Å². The van der Waals surface area contributed by atoms with E-state index in [0.717, 1.165) is 0 Å². The van der Waals surface area contributed by atoms with Crippen molar-refractivity contribution in [3.63, 3.8) is 0 Å². The van der Waals surface area contributed by atoms with Crippen molar-refractivity contribution in [2.75, 3.05) is 18.5 Å². The highest BCUT2D eigenvalue weighted by Crippen LogP contribution is 2.25. The summed E-state index contributed by atoms with van der Waals surface area (Å²) >= 11 is 5.80. The number of sulfonamides is 1. The molecule has 3 rings (SSSR count). The normalized spacial score (nSPS) is 16.0. The number of amides is 1. The van der Waals surface area contributed by atoms with Crippen LogP contribution in [0.25, 0.3) is 0 Å². The monoisotopic (exact) mass is 415 g/mol. The van der Waals surface area contributed by atoms with E-state index in [-0.39, 0.29) is 34.4 Å². The van der Waals surface area contributed by atoms with Gasteiger partial charge in [-0.05, 0) is 37.6 Å². The van der Waals surface area contributed by atoms with Crippen LogP contribution in [0.1, 0.15) is 23.0 Å². The van der Waals surface area contributed by atoms with Gasteiger partial charge < -0.3 is 14.6 Å². The number of anilines is 1. The van der Waals surface area contributed by atoms with Crippen LogP contribution in [0.4, 0.5) is 10.1 Å². The Bertz CT molecular complexity index is 992. The van der Waals surface area contributed by atoms with Gasteiger partial charge in [0.15, 0.2) is 0 Å². The van der Waals surface area contributed by atoms with E-state index >= 15 is 0 Å². The van der Waals surface area contributed by atoms with Crippen LogP contribution in [-0.2, 0) is 21.8 Å². The molecule has 0 bridgehead atoms. The standard InChI is InChI=1S/C17H19ClFN3O4S/c1-10-4-11(5-13(18)15(10)19)20-16(23)14-6-12(7-22(14)3)27(24,25)21-17(2)8-26-9-17/h4-7,21H,8-9H2,1-3H3,(H,20,23). The number of aromatic nitrogens is 1. The van der Waals surface area contributed by atoms with Gasteiger partial charge in [0.1, 0.15) is 16.4 Å². The Balaban J connectivity index is 1.82. The van der Waals surface area contributed by atoms with E-state index in [0.29, 0.717) is 5.69 Å². The SMILES string of the molecule is Cc1cc(NC(=O)c2cc(S(=O)(=O)NC3(C)COC3)cn2C)cc(Cl)c1F. The molecule has 0 spiro atoms. The van der Waals surface area contributed by atoms with Gasteiger partial charge >= 0.3 is 0 Å². The second-order valence-corrected chi connectivity index (χ2v) is 8.96. The first-order chi connectivity index (χ1) is 12.5. The Morgan fingerprint density at radius 3 is 2.56 bits per heavy atom. The van der Waals surface area contributed by atoms with E-state index in [1.54, 1.807) is 14.0 Å². The van der Waals surface area contributed by atoms with E-state index in [1.807, 2.05) is 0 Å². The second-order valence-electron chi connectivity index (χ2n) is 6.87. The van der Waals surface area contributed by atoms with Gasteiger partial charge in [-0.2, -0.15) is 0 Å². The summed E-state index contributed by atoms with van der Waals surface area (Å²) in [4.78, 5) is 12.5. The van der Waals surface area contributed by atoms with Crippen molar-refractivity contribution >= 4 is 33.2 Å². The number of ether oxygens (including phenoxy) is 1. The van der Waals surface area contributed by atoms with Gasteiger partial charge in [0.2, 0.25) is 10.0 Å². The Labute approximate surface area is 161 Å². The largest absolute Gasteiger partial charge is 0.377 e. The van der Waals surface area contributed by atoms with Crippen LogP contribution in [0.3, 0.4) is 0 Å². The molecule has 1 saturated heterocycles. The molecule has 1 aliphatic heterocycles. The van der Waals surface area contributed by atoms with Crippen molar-refractivity contribution in [2.45, 2.75) is 24.3 Å². The summed E-state index contributed by atoms with van der Waals surface area (Å²) in [6, 6.07) is 4.01. The molecule has 2 N–H and O–H groups in total. The first kappa shape index (κ1) is 19.8. The van der Waals surface area contributed by atoms with Crippen LogP contribution in [0, 0.1) is 12.7 Å². The number of hydrogen-bond donors (Lipinski definition) is 2. The lowest BCUT2D eigenvalue weighted by molar-refractivity contribution is -0.0523. The van der Waals surface area contributed by atoms with Crippen molar-refractivity contribution in [2.24, 2.45) is 7.05 Å². The maximum absolute atomic E-state index is 13.6. The third kappa shape index (κ3) is 4.01. The minimum atomic E-state index is -3.81. The molecule has 0 atom stereocenters. The van der Waals surface area contributed by atoms with Crippen LogP contribution in [0.15, 0.2) is 29.3 Å². The Hall–Kier alpha value is -1.94. The molecule has 2 heterocycles. The Morgan fingerprint density at radius 2 is 2.00 bits per heavy atom. The smallest absolute Gasteiger partial charge is 0.272 e. The highest BCUT2D eigenvalue weighted by Gasteiger charge is 2.38. The quantitative estimate of drug-likeness (QED) is 0.785. The molecule has 1 fully saturated rings. The van der Waals surface area contributed by atoms with Crippen LogP contribution in [0.5, 0.6) is 0 Å². The zero-order valence-electron chi connectivity index (χ0n) is 15.0. The van der Waals surface area contributed by atoms with Gasteiger partial charge in [-0.15, -0.1) is 0 Å². The average Bonchev–Trinajstić information content (AvgIpc) is 2.93. The lowest BCUT2D eigenvalue weighted by atomic mass is 10.0. The predicted molar refractivity (Wildman–Crippen MR) is 99.1 cm³/mol. The molecule has 0 radical (unpaired) electrons. The zero-order chi connectivity index (χ0) is 20.0. The third-order valence-corrected chi connectivity index (χ3v) is 6.09. The molecular formula is C17H19ClFN3O4S. The molecule has 1 aromatic carbocycles. The molecule has 10 heteroatoms. The van der Waals surface area contributed by atoms with Gasteiger partial charge in [-0.3, -0.25) is 4.79 Å². The number of hydrogen-bond acceptors (Lipinski definition) is 4. The fourth-order valence-electron chi connectivity index (χ4n) is 2.75. The molecule has 1 amide bonds. The van der Waals surface area contributed by atoms with Crippen molar-refractivity contribution in [3.05, 3.63) is 46.5 Å². The maximum Gasteiger partial charge on any atom is 0.272 e. The number of nitrogens with one attached hydrogen (secondary N) is 2. The Kier molecular flexibility index (Phi) is 5.06. The lowest BCUT2D eigenvalue weighted by Gasteiger charge is -2.38. The summed E-state index contributed by atoms with van der Waals surface area (Å²) in [7, 11) is -2.25. The first-order valence-electron chi connectivity index (χ1n) is 8.06. The maximum atomic E-state index is 13.6. The minimum Gasteiger partial charge on any atom is -0.377 e. The van der Waals surface area contributed by atoms with E-state index in [9.17, 15) is 17.6 Å². The fraction of sp³-hybridized carbons (Fsp3) is 0.353. The van der Waals surface area contributed by atoms with Crippen molar-refractivity contribution in [1.29, 1.82) is 0 Å². The third-order valence-electron chi connectivity index (χ3n) is 4.21. The van der Waals surface area contributed by atoms with Gasteiger partial charge in [0.05, 0.1) is 23.8 Å². The molecule has 0 aliphatic carbocycles. The number of carbonyl (C=O) groups is 1. The van der Waals surface area contributed by atoms with Gasteiger partial charge in [-0.25, -0.2) is 17.5 Å². The summed E-state index contributed by atoms with van der Waals surface area (Å²) in [6.07, 6.45) is 1.35. The lowest BCUT2D eigenvalue weighted by Crippen LogP contribution is -2.59. The summed E-state index contributed by atoms with van der Waals surface area (Å²) < 4.78 is 47.7. The fourth-order valence-corrected chi connectivity index (χ4v) is 4.47. The van der Waals surface area contributed by atoms with Crippen molar-refractivity contribution in [3.8, 4) is 0 Å². The average molecular weight is 416 g/mol. The van der Waals surface area contributed by atoms with Crippen LogP contribution in [-0.4, -0.2) is 37.6 Å². The summed E-state index contributed by atoms with van der Waals surface area (Å²) in [5, 5.41) is 2.49. The molecule has 146 valence electrons. The van der Waals surface area contributed by atoms with Gasteiger partial charge in [0.25, 0.3) is 5.91 Å². The van der Waals surface area contributed by atoms with E-state index in [2.05, 4.69) is 10.0 Å². The number of carbonyl (C=O) groups excluding carboxylic acids is 1. The molecule has 7 nitrogen and oxygen atoms in total. The van der Waals surface area contributed by atoms with E-state index < -0.39 is 27.3 Å². The highest BCUT2D eigenvalue weighted by atomic mass is 35.5. The number of aryl methyl sites for hydroxylation is 2. The number of halogens is 2. The first-order valence-corrected chi connectivity index (χ1v) is 9.92. The molecule has 2 aromatic rings. The van der Waals surface area contributed by atoms with Crippen molar-refractivity contribution in [1.82, 2.24) is 9.29 Å². The predicted octanol–water partition coefficient (Wildman–Crippen LogP) is 2.45. The molecule has 0 saturated carbocycles. The zero-order valence-corrected chi connectivity index (χ0v) is 16.5. The van der Waals surface area contributed by atoms with E-state index in [4.69, 9.17) is 16.3 Å². The number of benzene rings is 1. The van der Waals surface area contributed by atoms with E-state index in [1.165, 1.54) is 35.9 Å². The topological polar surface area (TPSA) is 89.4 Å². The van der Waals surface area contributed by atoms with Crippen LogP contribution in [0.2, 0.25) is 5.02 Å². The summed E-state index contributed by atoms with van der Waals surface area (Å²) in [5.74, 6) is -1.10. The Morgan fingerprint density at radius 1 is 1.33 bits per heavy atom. The minimum absolute atomic E-state index is 0.0309. The summed E-state index contributed by atoms with van der Waals surface area (Å²) in [6.45, 7) is 3.85. The second kappa shape index (κ2) is 6.90. The van der Waals surface area contributed by atoms with Crippen LogP contribution >= 0.6 is 11.6 Å². The molecular weight excluding hydrogens is 397 g/mol. The molecule has 0 unspecified atom stereocenters. The van der Waals surface area contributed by atoms with Crippen molar-refractivity contribution < 1.29 is 22.3 Å². The molecule has 27 heavy (non-hydrogen) atoms.